The summed E-state index contributed by atoms with van der Waals surface area (Å²) in [4.78, 5) is 17.1. The molecule has 0 unspecified atom stereocenters. The SMILES string of the molecule is COc1cncc(-c2cc(NC[C@@H](C)c3ccnc4c3OCCO4)ncn2)c1.S. The normalized spacial score (nSPS) is 13.2. The highest BCUT2D eigenvalue weighted by Gasteiger charge is 2.20. The summed E-state index contributed by atoms with van der Waals surface area (Å²) in [5.74, 6) is 2.89. The predicted molar refractivity (Wildman–Crippen MR) is 114 cm³/mol. The van der Waals surface area contributed by atoms with Crippen LogP contribution in [0.15, 0.2) is 43.1 Å². The van der Waals surface area contributed by atoms with E-state index in [2.05, 4.69) is 32.2 Å². The predicted octanol–water partition coefficient (Wildman–Crippen LogP) is 3.04. The lowest BCUT2D eigenvalue weighted by atomic mass is 10.0. The summed E-state index contributed by atoms with van der Waals surface area (Å²) < 4.78 is 16.6. The van der Waals surface area contributed by atoms with E-state index < -0.39 is 0 Å². The number of hydrogen-bond acceptors (Lipinski definition) is 8. The second-order valence-corrected chi connectivity index (χ2v) is 6.42. The number of aromatic nitrogens is 4. The molecule has 1 aliphatic heterocycles. The van der Waals surface area contributed by atoms with Crippen LogP contribution in [-0.2, 0) is 0 Å². The average Bonchev–Trinajstić information content (AvgIpc) is 2.77. The van der Waals surface area contributed by atoms with Gasteiger partial charge in [-0.1, -0.05) is 6.92 Å². The lowest BCUT2D eigenvalue weighted by Gasteiger charge is -2.22. The molecule has 152 valence electrons. The first-order valence-corrected chi connectivity index (χ1v) is 9.04. The van der Waals surface area contributed by atoms with Gasteiger partial charge in [-0.2, -0.15) is 13.5 Å². The topological polar surface area (TPSA) is 91.3 Å². The van der Waals surface area contributed by atoms with Crippen molar-refractivity contribution in [1.82, 2.24) is 19.9 Å². The smallest absolute Gasteiger partial charge is 0.257 e. The molecule has 0 fully saturated rings. The van der Waals surface area contributed by atoms with Crippen molar-refractivity contribution in [3.05, 3.63) is 48.7 Å². The molecule has 1 aliphatic rings. The van der Waals surface area contributed by atoms with Gasteiger partial charge in [0.1, 0.15) is 31.1 Å². The van der Waals surface area contributed by atoms with Crippen LogP contribution in [0.2, 0.25) is 0 Å². The van der Waals surface area contributed by atoms with Gasteiger partial charge in [-0.05, 0) is 12.1 Å². The molecule has 1 N–H and O–H groups in total. The molecular formula is C20H23N5O3S. The third-order valence-electron chi connectivity index (χ3n) is 4.50. The van der Waals surface area contributed by atoms with Crippen molar-refractivity contribution < 1.29 is 14.2 Å². The zero-order valence-corrected chi connectivity index (χ0v) is 17.3. The van der Waals surface area contributed by atoms with E-state index in [1.807, 2.05) is 18.2 Å². The first-order valence-electron chi connectivity index (χ1n) is 9.04. The zero-order valence-electron chi connectivity index (χ0n) is 16.3. The largest absolute Gasteiger partial charge is 0.495 e. The van der Waals surface area contributed by atoms with Crippen molar-refractivity contribution in [2.75, 3.05) is 32.2 Å². The first kappa shape index (κ1) is 20.7. The first-order chi connectivity index (χ1) is 13.7. The molecule has 3 aromatic rings. The molecule has 0 saturated heterocycles. The number of nitrogens with one attached hydrogen (secondary N) is 1. The molecule has 0 aliphatic carbocycles. The summed E-state index contributed by atoms with van der Waals surface area (Å²) in [5.41, 5.74) is 2.70. The van der Waals surface area contributed by atoms with E-state index >= 15 is 0 Å². The minimum atomic E-state index is 0. The average molecular weight is 414 g/mol. The van der Waals surface area contributed by atoms with Crippen LogP contribution in [0.4, 0.5) is 5.82 Å². The van der Waals surface area contributed by atoms with E-state index in [1.54, 1.807) is 25.7 Å². The van der Waals surface area contributed by atoms with Gasteiger partial charge in [0.2, 0.25) is 0 Å². The lowest BCUT2D eigenvalue weighted by molar-refractivity contribution is 0.162. The lowest BCUT2D eigenvalue weighted by Crippen LogP contribution is -2.19. The van der Waals surface area contributed by atoms with Crippen molar-refractivity contribution in [1.29, 1.82) is 0 Å². The Kier molecular flexibility index (Phi) is 6.71. The third kappa shape index (κ3) is 4.68. The highest BCUT2D eigenvalue weighted by molar-refractivity contribution is 7.59. The maximum Gasteiger partial charge on any atom is 0.257 e. The van der Waals surface area contributed by atoms with Crippen LogP contribution in [0, 0.1) is 0 Å². The van der Waals surface area contributed by atoms with Gasteiger partial charge >= 0.3 is 0 Å². The molecule has 0 saturated carbocycles. The fourth-order valence-corrected chi connectivity index (χ4v) is 3.01. The van der Waals surface area contributed by atoms with Gasteiger partial charge in [-0.25, -0.2) is 15.0 Å². The quantitative estimate of drug-likeness (QED) is 0.659. The van der Waals surface area contributed by atoms with Gasteiger partial charge in [0, 0.05) is 42.0 Å². The van der Waals surface area contributed by atoms with E-state index in [0.717, 1.165) is 28.4 Å². The zero-order chi connectivity index (χ0) is 19.3. The van der Waals surface area contributed by atoms with Gasteiger partial charge in [0.15, 0.2) is 5.75 Å². The van der Waals surface area contributed by atoms with Crippen molar-refractivity contribution in [2.45, 2.75) is 12.8 Å². The fourth-order valence-electron chi connectivity index (χ4n) is 3.01. The monoisotopic (exact) mass is 413 g/mol. The summed E-state index contributed by atoms with van der Waals surface area (Å²) in [5, 5.41) is 3.37. The second-order valence-electron chi connectivity index (χ2n) is 6.42. The summed E-state index contributed by atoms with van der Waals surface area (Å²) in [6.45, 7) is 3.86. The van der Waals surface area contributed by atoms with E-state index in [0.29, 0.717) is 31.4 Å². The Bertz CT molecular complexity index is 972. The molecule has 4 rings (SSSR count). The van der Waals surface area contributed by atoms with Crippen LogP contribution >= 0.6 is 13.5 Å². The number of ether oxygens (including phenoxy) is 3. The molecule has 9 heteroatoms. The molecule has 0 radical (unpaired) electrons. The van der Waals surface area contributed by atoms with Gasteiger partial charge in [0.25, 0.3) is 5.88 Å². The highest BCUT2D eigenvalue weighted by Crippen LogP contribution is 2.35. The summed E-state index contributed by atoms with van der Waals surface area (Å²) in [6.07, 6.45) is 6.69. The Morgan fingerprint density at radius 3 is 2.86 bits per heavy atom. The van der Waals surface area contributed by atoms with Crippen LogP contribution in [0.25, 0.3) is 11.3 Å². The second kappa shape index (κ2) is 9.42. The Morgan fingerprint density at radius 2 is 2.00 bits per heavy atom. The van der Waals surface area contributed by atoms with Gasteiger partial charge in [-0.15, -0.1) is 0 Å². The number of fused-ring (bicyclic) bond motifs is 1. The van der Waals surface area contributed by atoms with Crippen molar-refractivity contribution in [3.8, 4) is 28.6 Å². The Morgan fingerprint density at radius 1 is 1.14 bits per heavy atom. The third-order valence-corrected chi connectivity index (χ3v) is 4.50. The summed E-state index contributed by atoms with van der Waals surface area (Å²) in [7, 11) is 1.61. The van der Waals surface area contributed by atoms with E-state index in [1.165, 1.54) is 6.33 Å². The molecule has 4 heterocycles. The van der Waals surface area contributed by atoms with Crippen LogP contribution in [0.1, 0.15) is 18.4 Å². The maximum absolute atomic E-state index is 5.77. The molecule has 8 nitrogen and oxygen atoms in total. The molecule has 1 atom stereocenters. The Labute approximate surface area is 176 Å². The minimum absolute atomic E-state index is 0. The molecule has 3 aromatic heterocycles. The van der Waals surface area contributed by atoms with Crippen LogP contribution in [0.3, 0.4) is 0 Å². The Hall–Kier alpha value is -3.07. The van der Waals surface area contributed by atoms with Gasteiger partial charge < -0.3 is 19.5 Å². The van der Waals surface area contributed by atoms with E-state index in [9.17, 15) is 0 Å². The Balaban J connectivity index is 0.00000240. The number of hydrogen-bond donors (Lipinski definition) is 1. The van der Waals surface area contributed by atoms with Crippen LogP contribution < -0.4 is 19.5 Å². The number of methoxy groups -OCH3 is 1. The standard InChI is InChI=1S/C20H21N5O3.H2S/c1-13(16-3-4-22-20-19(16)27-5-6-28-20)9-23-18-8-17(24-12-25-18)14-7-15(26-2)11-21-10-14;/h3-4,7-8,10-13H,5-6,9H2,1-2H3,(H,23,24,25);1H2/t13-;/m1./s1. The van der Waals surface area contributed by atoms with Crippen LogP contribution in [-0.4, -0.2) is 46.8 Å². The number of nitrogens with zero attached hydrogens (tertiary/aromatic N) is 4. The highest BCUT2D eigenvalue weighted by atomic mass is 32.1. The van der Waals surface area contributed by atoms with Crippen molar-refractivity contribution >= 4 is 19.3 Å². The minimum Gasteiger partial charge on any atom is -0.495 e. The number of pyridine rings is 2. The fraction of sp³-hybridized carbons (Fsp3) is 0.300. The molecule has 0 amide bonds. The molecule has 0 spiro atoms. The number of anilines is 1. The molecule has 0 aromatic carbocycles. The van der Waals surface area contributed by atoms with Gasteiger partial charge in [-0.3, -0.25) is 4.98 Å². The summed E-state index contributed by atoms with van der Waals surface area (Å²) >= 11 is 0. The van der Waals surface area contributed by atoms with Gasteiger partial charge in [0.05, 0.1) is 19.0 Å². The van der Waals surface area contributed by atoms with Crippen LogP contribution in [0.5, 0.6) is 17.4 Å². The maximum atomic E-state index is 5.77. The van der Waals surface area contributed by atoms with Crippen molar-refractivity contribution in [3.63, 3.8) is 0 Å². The van der Waals surface area contributed by atoms with Crippen molar-refractivity contribution in [2.24, 2.45) is 0 Å². The van der Waals surface area contributed by atoms with E-state index in [-0.39, 0.29) is 19.4 Å². The summed E-state index contributed by atoms with van der Waals surface area (Å²) in [6, 6.07) is 5.75. The molecular weight excluding hydrogens is 390 g/mol. The number of rotatable bonds is 6. The molecule has 0 bridgehead atoms. The van der Waals surface area contributed by atoms with E-state index in [4.69, 9.17) is 14.2 Å². The molecule has 29 heavy (non-hydrogen) atoms.